The van der Waals surface area contributed by atoms with Gasteiger partial charge in [0.1, 0.15) is 0 Å². The van der Waals surface area contributed by atoms with Crippen molar-refractivity contribution >= 4 is 23.2 Å². The lowest BCUT2D eigenvalue weighted by molar-refractivity contribution is -0.115. The molecule has 0 aliphatic heterocycles. The monoisotopic (exact) mass is 284 g/mol. The molecule has 0 unspecified atom stereocenters. The van der Waals surface area contributed by atoms with Crippen molar-refractivity contribution in [2.75, 3.05) is 5.32 Å². The van der Waals surface area contributed by atoms with E-state index in [4.69, 9.17) is 16.9 Å². The molecule has 0 radical (unpaired) electrons. The highest BCUT2D eigenvalue weighted by atomic mass is 35.5. The number of hydrogen-bond acceptors (Lipinski definition) is 2. The largest absolute Gasteiger partial charge is 0.326 e. The average Bonchev–Trinajstić information content (AvgIpc) is 2.44. The van der Waals surface area contributed by atoms with Crippen LogP contribution in [0.3, 0.4) is 0 Å². The molecule has 0 atom stereocenters. The van der Waals surface area contributed by atoms with Gasteiger partial charge in [-0.25, -0.2) is 0 Å². The lowest BCUT2D eigenvalue weighted by Crippen LogP contribution is -2.14. The second kappa shape index (κ2) is 6.74. The summed E-state index contributed by atoms with van der Waals surface area (Å²) in [7, 11) is 0. The maximum Gasteiger partial charge on any atom is 0.228 e. The first kappa shape index (κ1) is 14.1. The van der Waals surface area contributed by atoms with Gasteiger partial charge in [-0.3, -0.25) is 4.79 Å². The fourth-order valence-corrected chi connectivity index (χ4v) is 2.02. The van der Waals surface area contributed by atoms with E-state index in [2.05, 4.69) is 11.4 Å². The van der Waals surface area contributed by atoms with Crippen molar-refractivity contribution in [3.8, 4) is 6.07 Å². The summed E-state index contributed by atoms with van der Waals surface area (Å²) in [6.45, 7) is 0. The van der Waals surface area contributed by atoms with Crippen LogP contribution >= 0.6 is 11.6 Å². The van der Waals surface area contributed by atoms with E-state index in [1.54, 1.807) is 18.2 Å². The van der Waals surface area contributed by atoms with Crippen molar-refractivity contribution in [2.24, 2.45) is 0 Å². The summed E-state index contributed by atoms with van der Waals surface area (Å²) in [5, 5.41) is 12.0. The first-order chi connectivity index (χ1) is 9.69. The van der Waals surface area contributed by atoms with Crippen molar-refractivity contribution in [2.45, 2.75) is 12.8 Å². The van der Waals surface area contributed by atoms with Gasteiger partial charge in [-0.15, -0.1) is 0 Å². The maximum atomic E-state index is 11.9. The quantitative estimate of drug-likeness (QED) is 0.933. The molecule has 0 bridgehead atoms. The average molecular weight is 285 g/mol. The standard InChI is InChI=1S/C16H13ClN2O/c17-15-4-2-1-3-13(15)11-16(20)19-14-7-5-12(6-8-14)9-10-18/h1-8H,9,11H2,(H,19,20). The molecule has 0 saturated carbocycles. The van der Waals surface area contributed by atoms with Crippen molar-refractivity contribution < 1.29 is 4.79 Å². The van der Waals surface area contributed by atoms with Gasteiger partial charge in [0.25, 0.3) is 0 Å². The SMILES string of the molecule is N#CCc1ccc(NC(=O)Cc2ccccc2Cl)cc1. The van der Waals surface area contributed by atoms with Crippen LogP contribution < -0.4 is 5.32 Å². The van der Waals surface area contributed by atoms with Gasteiger partial charge in [0, 0.05) is 10.7 Å². The molecule has 2 aromatic rings. The number of amides is 1. The summed E-state index contributed by atoms with van der Waals surface area (Å²) < 4.78 is 0. The number of nitriles is 1. The Morgan fingerprint density at radius 3 is 2.50 bits per heavy atom. The van der Waals surface area contributed by atoms with E-state index < -0.39 is 0 Å². The van der Waals surface area contributed by atoms with Gasteiger partial charge in [0.2, 0.25) is 5.91 Å². The Morgan fingerprint density at radius 2 is 1.85 bits per heavy atom. The summed E-state index contributed by atoms with van der Waals surface area (Å²) in [6.07, 6.45) is 0.605. The van der Waals surface area contributed by atoms with E-state index in [9.17, 15) is 4.79 Å². The summed E-state index contributed by atoms with van der Waals surface area (Å²) in [6, 6.07) is 16.6. The summed E-state index contributed by atoms with van der Waals surface area (Å²) >= 11 is 6.02. The van der Waals surface area contributed by atoms with E-state index >= 15 is 0 Å². The van der Waals surface area contributed by atoms with E-state index in [1.807, 2.05) is 30.3 Å². The number of rotatable bonds is 4. The van der Waals surface area contributed by atoms with Crippen LogP contribution in [0.25, 0.3) is 0 Å². The topological polar surface area (TPSA) is 52.9 Å². The highest BCUT2D eigenvalue weighted by Gasteiger charge is 2.06. The molecule has 0 aliphatic carbocycles. The molecule has 1 N–H and O–H groups in total. The molecule has 0 saturated heterocycles. The number of carbonyl (C=O) groups excluding carboxylic acids is 1. The molecule has 0 aromatic heterocycles. The van der Waals surface area contributed by atoms with Crippen LogP contribution in [0, 0.1) is 11.3 Å². The molecule has 2 aromatic carbocycles. The minimum absolute atomic E-state index is 0.119. The third kappa shape index (κ3) is 3.84. The zero-order chi connectivity index (χ0) is 14.4. The Morgan fingerprint density at radius 1 is 1.15 bits per heavy atom. The van der Waals surface area contributed by atoms with Gasteiger partial charge < -0.3 is 5.32 Å². The van der Waals surface area contributed by atoms with Gasteiger partial charge in [-0.1, -0.05) is 41.9 Å². The molecule has 0 spiro atoms. The van der Waals surface area contributed by atoms with Crippen molar-refractivity contribution in [1.82, 2.24) is 0 Å². The molecular weight excluding hydrogens is 272 g/mol. The molecule has 0 heterocycles. The number of nitrogens with zero attached hydrogens (tertiary/aromatic N) is 1. The van der Waals surface area contributed by atoms with Crippen molar-refractivity contribution in [3.63, 3.8) is 0 Å². The third-order valence-corrected chi connectivity index (χ3v) is 3.20. The molecule has 4 heteroatoms. The fraction of sp³-hybridized carbons (Fsp3) is 0.125. The van der Waals surface area contributed by atoms with Crippen LogP contribution in [-0.4, -0.2) is 5.91 Å². The predicted octanol–water partition coefficient (Wildman–Crippen LogP) is 3.59. The Bertz CT molecular complexity index is 644. The van der Waals surface area contributed by atoms with E-state index in [-0.39, 0.29) is 12.3 Å². The van der Waals surface area contributed by atoms with Crippen LogP contribution in [0.2, 0.25) is 5.02 Å². The zero-order valence-electron chi connectivity index (χ0n) is 10.8. The van der Waals surface area contributed by atoms with Crippen molar-refractivity contribution in [1.29, 1.82) is 5.26 Å². The third-order valence-electron chi connectivity index (χ3n) is 2.83. The second-order valence-electron chi connectivity index (χ2n) is 4.35. The number of benzene rings is 2. The molecule has 100 valence electrons. The number of anilines is 1. The first-order valence-corrected chi connectivity index (χ1v) is 6.56. The Kier molecular flexibility index (Phi) is 4.75. The van der Waals surface area contributed by atoms with E-state index in [1.165, 1.54) is 0 Å². The number of hydrogen-bond donors (Lipinski definition) is 1. The molecule has 0 aliphatic rings. The smallest absolute Gasteiger partial charge is 0.228 e. The molecule has 1 amide bonds. The van der Waals surface area contributed by atoms with Crippen LogP contribution in [0.5, 0.6) is 0 Å². The maximum absolute atomic E-state index is 11.9. The molecular formula is C16H13ClN2O. The minimum atomic E-state index is -0.119. The second-order valence-corrected chi connectivity index (χ2v) is 4.76. The van der Waals surface area contributed by atoms with Crippen LogP contribution in [0.1, 0.15) is 11.1 Å². The highest BCUT2D eigenvalue weighted by Crippen LogP contribution is 2.16. The lowest BCUT2D eigenvalue weighted by atomic mass is 10.1. The number of halogens is 1. The highest BCUT2D eigenvalue weighted by molar-refractivity contribution is 6.31. The lowest BCUT2D eigenvalue weighted by Gasteiger charge is -2.07. The number of carbonyl (C=O) groups is 1. The molecule has 20 heavy (non-hydrogen) atoms. The molecule has 0 fully saturated rings. The number of nitrogens with one attached hydrogen (secondary N) is 1. The fourth-order valence-electron chi connectivity index (χ4n) is 1.82. The Hall–Kier alpha value is -2.31. The summed E-state index contributed by atoms with van der Waals surface area (Å²) in [5.74, 6) is -0.119. The van der Waals surface area contributed by atoms with E-state index in [0.29, 0.717) is 17.1 Å². The Labute approximate surface area is 122 Å². The molecule has 3 nitrogen and oxygen atoms in total. The van der Waals surface area contributed by atoms with Crippen LogP contribution in [0.15, 0.2) is 48.5 Å². The van der Waals surface area contributed by atoms with Gasteiger partial charge >= 0.3 is 0 Å². The van der Waals surface area contributed by atoms with Gasteiger partial charge in [0.15, 0.2) is 0 Å². The van der Waals surface area contributed by atoms with E-state index in [0.717, 1.165) is 11.1 Å². The van der Waals surface area contributed by atoms with Crippen LogP contribution in [0.4, 0.5) is 5.69 Å². The zero-order valence-corrected chi connectivity index (χ0v) is 11.5. The normalized spacial score (nSPS) is 9.80. The Balaban J connectivity index is 1.98. The van der Waals surface area contributed by atoms with Crippen LogP contribution in [-0.2, 0) is 17.6 Å². The van der Waals surface area contributed by atoms with Gasteiger partial charge in [-0.05, 0) is 29.3 Å². The molecule has 2 rings (SSSR count). The first-order valence-electron chi connectivity index (χ1n) is 6.18. The predicted molar refractivity (Wildman–Crippen MR) is 79.5 cm³/mol. The summed E-state index contributed by atoms with van der Waals surface area (Å²) in [4.78, 5) is 11.9. The summed E-state index contributed by atoms with van der Waals surface area (Å²) in [5.41, 5.74) is 2.44. The van der Waals surface area contributed by atoms with Crippen molar-refractivity contribution in [3.05, 3.63) is 64.7 Å². The van der Waals surface area contributed by atoms with Gasteiger partial charge in [0.05, 0.1) is 18.9 Å². The minimum Gasteiger partial charge on any atom is -0.326 e. The van der Waals surface area contributed by atoms with Gasteiger partial charge in [-0.2, -0.15) is 5.26 Å².